The molecule has 0 aliphatic carbocycles. The van der Waals surface area contributed by atoms with Crippen molar-refractivity contribution in [3.63, 3.8) is 0 Å². The Morgan fingerprint density at radius 2 is 2.12 bits per heavy atom. The molecule has 0 heterocycles. The van der Waals surface area contributed by atoms with Crippen LogP contribution in [-0.2, 0) is 0 Å². The van der Waals surface area contributed by atoms with E-state index in [4.69, 9.17) is 0 Å². The molecule has 0 aromatic heterocycles. The molecule has 0 unspecified atom stereocenters. The van der Waals surface area contributed by atoms with Gasteiger partial charge in [-0.25, -0.2) is 0 Å². The second-order valence-corrected chi connectivity index (χ2v) is 4.80. The van der Waals surface area contributed by atoms with Crippen LogP contribution in [0.3, 0.4) is 0 Å². The molecule has 0 aliphatic rings. The van der Waals surface area contributed by atoms with Gasteiger partial charge in [-0.1, -0.05) is 31.4 Å². The fraction of sp³-hybridized carbons (Fsp3) is 0.571. The SMILES string of the molecule is CB[C@@H](CN(C)CC)c1cc(C)ccc1NC. The van der Waals surface area contributed by atoms with Crippen LogP contribution in [0, 0.1) is 6.92 Å². The van der Waals surface area contributed by atoms with Gasteiger partial charge in [-0.15, -0.1) is 0 Å². The highest BCUT2D eigenvalue weighted by atomic mass is 15.1. The number of nitrogens with zero attached hydrogens (tertiary/aromatic N) is 1. The van der Waals surface area contributed by atoms with Crippen molar-refractivity contribution in [3.8, 4) is 0 Å². The number of anilines is 1. The summed E-state index contributed by atoms with van der Waals surface area (Å²) in [5, 5.41) is 3.31. The molecule has 0 aliphatic heterocycles. The molecule has 3 heteroatoms. The minimum absolute atomic E-state index is 0.613. The van der Waals surface area contributed by atoms with Crippen molar-refractivity contribution in [1.82, 2.24) is 4.90 Å². The maximum atomic E-state index is 3.31. The van der Waals surface area contributed by atoms with Crippen molar-refractivity contribution < 1.29 is 0 Å². The normalized spacial score (nSPS) is 12.6. The Morgan fingerprint density at radius 1 is 1.41 bits per heavy atom. The van der Waals surface area contributed by atoms with E-state index >= 15 is 0 Å². The van der Waals surface area contributed by atoms with Gasteiger partial charge >= 0.3 is 0 Å². The van der Waals surface area contributed by atoms with E-state index in [1.54, 1.807) is 0 Å². The lowest BCUT2D eigenvalue weighted by molar-refractivity contribution is 0.352. The highest BCUT2D eigenvalue weighted by Gasteiger charge is 2.15. The summed E-state index contributed by atoms with van der Waals surface area (Å²) in [4.78, 5) is 2.38. The van der Waals surface area contributed by atoms with Gasteiger partial charge in [0, 0.05) is 12.7 Å². The van der Waals surface area contributed by atoms with Gasteiger partial charge in [-0.3, -0.25) is 0 Å². The zero-order valence-corrected chi connectivity index (χ0v) is 11.9. The second kappa shape index (κ2) is 6.70. The molecule has 0 amide bonds. The molecule has 1 N–H and O–H groups in total. The highest BCUT2D eigenvalue weighted by Crippen LogP contribution is 2.25. The van der Waals surface area contributed by atoms with Gasteiger partial charge in [0.25, 0.3) is 0 Å². The van der Waals surface area contributed by atoms with E-state index in [1.165, 1.54) is 24.1 Å². The summed E-state index contributed by atoms with van der Waals surface area (Å²) in [5.74, 6) is 0.613. The minimum Gasteiger partial charge on any atom is -0.388 e. The molecule has 0 fully saturated rings. The van der Waals surface area contributed by atoms with Gasteiger partial charge in [-0.2, -0.15) is 0 Å². The lowest BCUT2D eigenvalue weighted by atomic mass is 9.63. The largest absolute Gasteiger partial charge is 0.388 e. The van der Waals surface area contributed by atoms with Gasteiger partial charge in [0.1, 0.15) is 7.28 Å². The summed E-state index contributed by atoms with van der Waals surface area (Å²) in [6.07, 6.45) is 0. The topological polar surface area (TPSA) is 15.3 Å². The van der Waals surface area contributed by atoms with Crippen LogP contribution >= 0.6 is 0 Å². The number of rotatable bonds is 6. The second-order valence-electron chi connectivity index (χ2n) is 4.80. The quantitative estimate of drug-likeness (QED) is 0.758. The minimum atomic E-state index is 0.613. The first kappa shape index (κ1) is 14.1. The molecule has 0 bridgehead atoms. The van der Waals surface area contributed by atoms with Gasteiger partial charge in [0.2, 0.25) is 0 Å². The van der Waals surface area contributed by atoms with Crippen LogP contribution in [0.15, 0.2) is 18.2 Å². The maximum Gasteiger partial charge on any atom is 0.128 e. The fourth-order valence-electron chi connectivity index (χ4n) is 2.20. The van der Waals surface area contributed by atoms with Crippen LogP contribution in [-0.4, -0.2) is 39.4 Å². The third-order valence-corrected chi connectivity index (χ3v) is 3.48. The smallest absolute Gasteiger partial charge is 0.128 e. The molecular weight excluding hydrogens is 207 g/mol. The highest BCUT2D eigenvalue weighted by molar-refractivity contribution is 6.36. The first-order valence-electron chi connectivity index (χ1n) is 6.59. The van der Waals surface area contributed by atoms with E-state index < -0.39 is 0 Å². The lowest BCUT2D eigenvalue weighted by Gasteiger charge is -2.24. The fourth-order valence-corrected chi connectivity index (χ4v) is 2.20. The predicted molar refractivity (Wildman–Crippen MR) is 79.7 cm³/mol. The first-order chi connectivity index (χ1) is 8.12. The van der Waals surface area contributed by atoms with Crippen LogP contribution in [0.2, 0.25) is 6.82 Å². The van der Waals surface area contributed by atoms with Gasteiger partial charge in [0.15, 0.2) is 0 Å². The Morgan fingerprint density at radius 3 is 2.65 bits per heavy atom. The van der Waals surface area contributed by atoms with E-state index in [9.17, 15) is 0 Å². The molecule has 1 atom stereocenters. The van der Waals surface area contributed by atoms with Crippen LogP contribution < -0.4 is 5.32 Å². The van der Waals surface area contributed by atoms with Crippen molar-refractivity contribution in [2.75, 3.05) is 32.5 Å². The Labute approximate surface area is 107 Å². The average Bonchev–Trinajstić information content (AvgIpc) is 2.35. The van der Waals surface area contributed by atoms with Crippen molar-refractivity contribution in [2.24, 2.45) is 0 Å². The van der Waals surface area contributed by atoms with Crippen LogP contribution in [0.5, 0.6) is 0 Å². The lowest BCUT2D eigenvalue weighted by Crippen LogP contribution is -2.27. The Bertz CT molecular complexity index is 352. The summed E-state index contributed by atoms with van der Waals surface area (Å²) < 4.78 is 0. The maximum absolute atomic E-state index is 3.31. The third-order valence-electron chi connectivity index (χ3n) is 3.48. The van der Waals surface area contributed by atoms with Gasteiger partial charge in [-0.05, 0) is 44.5 Å². The molecular formula is C14H25BN2. The molecule has 1 aromatic carbocycles. The number of hydrogen-bond donors (Lipinski definition) is 1. The number of benzene rings is 1. The van der Waals surface area contributed by atoms with Gasteiger partial charge < -0.3 is 10.2 Å². The molecule has 1 aromatic rings. The van der Waals surface area contributed by atoms with Crippen LogP contribution in [0.4, 0.5) is 5.69 Å². The molecule has 17 heavy (non-hydrogen) atoms. The average molecular weight is 232 g/mol. The molecule has 2 nitrogen and oxygen atoms in total. The van der Waals surface area contributed by atoms with E-state index in [2.05, 4.69) is 56.1 Å². The van der Waals surface area contributed by atoms with E-state index in [0.717, 1.165) is 13.1 Å². The number of aryl methyl sites for hydroxylation is 1. The molecule has 0 spiro atoms. The monoisotopic (exact) mass is 232 g/mol. The number of hydrogen-bond acceptors (Lipinski definition) is 2. The summed E-state index contributed by atoms with van der Waals surface area (Å²) in [7, 11) is 5.38. The standard InChI is InChI=1S/C14H25BN2/c1-6-17(5)10-13(15-3)12-9-11(2)7-8-14(12)16-4/h7-9,13,15-16H,6,10H2,1-5H3/t13-/m0/s1. The molecule has 0 saturated heterocycles. The van der Waals surface area contributed by atoms with Crippen LogP contribution in [0.1, 0.15) is 23.9 Å². The number of likely N-dealkylation sites (N-methyl/N-ethyl adjacent to an activating group) is 1. The van der Waals surface area contributed by atoms with Gasteiger partial charge in [0.05, 0.1) is 0 Å². The number of nitrogens with one attached hydrogen (secondary N) is 1. The summed E-state index contributed by atoms with van der Waals surface area (Å²) in [6.45, 7) is 8.89. The van der Waals surface area contributed by atoms with Crippen molar-refractivity contribution in [2.45, 2.75) is 26.5 Å². The zero-order chi connectivity index (χ0) is 12.8. The van der Waals surface area contributed by atoms with Crippen molar-refractivity contribution >= 4 is 13.0 Å². The summed E-state index contributed by atoms with van der Waals surface area (Å²) >= 11 is 0. The molecule has 1 rings (SSSR count). The molecule has 0 saturated carbocycles. The van der Waals surface area contributed by atoms with Crippen molar-refractivity contribution in [1.29, 1.82) is 0 Å². The van der Waals surface area contributed by atoms with E-state index in [-0.39, 0.29) is 0 Å². The third kappa shape index (κ3) is 3.77. The summed E-state index contributed by atoms with van der Waals surface area (Å²) in [5.41, 5.74) is 4.07. The van der Waals surface area contributed by atoms with Crippen LogP contribution in [0.25, 0.3) is 0 Å². The van der Waals surface area contributed by atoms with E-state index in [0.29, 0.717) is 5.82 Å². The Balaban J connectivity index is 2.97. The van der Waals surface area contributed by atoms with E-state index in [1.807, 2.05) is 7.05 Å². The Hall–Kier alpha value is -0.955. The molecule has 0 radical (unpaired) electrons. The predicted octanol–water partition coefficient (Wildman–Crippen LogP) is 2.51. The Kier molecular flexibility index (Phi) is 5.56. The zero-order valence-electron chi connectivity index (χ0n) is 11.9. The first-order valence-corrected chi connectivity index (χ1v) is 6.59. The van der Waals surface area contributed by atoms with Crippen molar-refractivity contribution in [3.05, 3.63) is 29.3 Å². The molecule has 94 valence electrons. The summed E-state index contributed by atoms with van der Waals surface area (Å²) in [6, 6.07) is 6.69.